The number of nitrogens with zero attached hydrogens (tertiary/aromatic N) is 1. The van der Waals surface area contributed by atoms with Gasteiger partial charge in [0, 0.05) is 29.4 Å². The normalized spacial score (nSPS) is 14.0. The van der Waals surface area contributed by atoms with Gasteiger partial charge in [-0.25, -0.2) is 8.42 Å². The second-order valence-electron chi connectivity index (χ2n) is 6.33. The number of nitrogens with one attached hydrogen (secondary N) is 1. The van der Waals surface area contributed by atoms with Gasteiger partial charge in [0.2, 0.25) is 15.9 Å². The molecule has 0 fully saturated rings. The van der Waals surface area contributed by atoms with Gasteiger partial charge in [-0.15, -0.1) is 0 Å². The van der Waals surface area contributed by atoms with Crippen LogP contribution in [0.25, 0.3) is 0 Å². The molecule has 1 heterocycles. The molecule has 0 spiro atoms. The summed E-state index contributed by atoms with van der Waals surface area (Å²) in [7, 11) is -3.54. The van der Waals surface area contributed by atoms with Crippen molar-refractivity contribution in [3.8, 4) is 0 Å². The molecule has 138 valence electrons. The number of halogens is 1. The predicted octanol–water partition coefficient (Wildman–Crippen LogP) is 3.97. The number of sulfonamides is 1. The summed E-state index contributed by atoms with van der Waals surface area (Å²) < 4.78 is 27.5. The molecule has 0 bridgehead atoms. The lowest BCUT2D eigenvalue weighted by Gasteiger charge is -2.29. The first-order valence-corrected chi connectivity index (χ1v) is 10.6. The lowest BCUT2D eigenvalue weighted by Crippen LogP contribution is -2.34. The van der Waals surface area contributed by atoms with Crippen molar-refractivity contribution >= 4 is 38.9 Å². The molecule has 3 rings (SSSR count). The van der Waals surface area contributed by atoms with Crippen LogP contribution in [0, 0.1) is 0 Å². The van der Waals surface area contributed by atoms with Gasteiger partial charge in [0.25, 0.3) is 0 Å². The Morgan fingerprint density at radius 1 is 1.19 bits per heavy atom. The Bertz CT molecular complexity index is 911. The Morgan fingerprint density at radius 3 is 2.62 bits per heavy atom. The van der Waals surface area contributed by atoms with E-state index in [4.69, 9.17) is 11.6 Å². The zero-order chi connectivity index (χ0) is 18.7. The van der Waals surface area contributed by atoms with Crippen LogP contribution in [0.1, 0.15) is 30.9 Å². The van der Waals surface area contributed by atoms with Crippen LogP contribution in [0.3, 0.4) is 0 Å². The van der Waals surface area contributed by atoms with Crippen molar-refractivity contribution in [3.05, 3.63) is 58.6 Å². The lowest BCUT2D eigenvalue weighted by molar-refractivity contribution is -0.118. The van der Waals surface area contributed by atoms with Gasteiger partial charge in [-0.3, -0.25) is 9.52 Å². The smallest absolute Gasteiger partial charge is 0.236 e. The maximum atomic E-state index is 12.4. The number of hydrogen-bond acceptors (Lipinski definition) is 3. The maximum Gasteiger partial charge on any atom is 0.236 e. The summed E-state index contributed by atoms with van der Waals surface area (Å²) in [6.07, 6.45) is 2.16. The molecular weight excluding hydrogens is 372 g/mol. The first kappa shape index (κ1) is 18.7. The average molecular weight is 393 g/mol. The van der Waals surface area contributed by atoms with E-state index < -0.39 is 10.0 Å². The Hall–Kier alpha value is -2.05. The van der Waals surface area contributed by atoms with Gasteiger partial charge >= 0.3 is 0 Å². The van der Waals surface area contributed by atoms with Gasteiger partial charge in [-0.2, -0.15) is 0 Å². The Balaban J connectivity index is 1.78. The molecule has 0 aromatic heterocycles. The summed E-state index contributed by atoms with van der Waals surface area (Å²) in [5.74, 6) is -0.0381. The molecule has 7 heteroatoms. The summed E-state index contributed by atoms with van der Waals surface area (Å²) >= 11 is 5.83. The average Bonchev–Trinajstić information content (AvgIpc) is 2.61. The van der Waals surface area contributed by atoms with Crippen molar-refractivity contribution in [2.45, 2.75) is 31.9 Å². The molecule has 0 saturated heterocycles. The summed E-state index contributed by atoms with van der Waals surface area (Å²) in [5, 5.41) is 0.569. The van der Waals surface area contributed by atoms with E-state index in [9.17, 15) is 13.2 Å². The second kappa shape index (κ2) is 7.68. The monoisotopic (exact) mass is 392 g/mol. The third kappa shape index (κ3) is 4.37. The second-order valence-corrected chi connectivity index (χ2v) is 8.49. The number of carbonyl (C=O) groups excluding carboxylic acids is 1. The van der Waals surface area contributed by atoms with E-state index in [-0.39, 0.29) is 11.7 Å². The van der Waals surface area contributed by atoms with Crippen molar-refractivity contribution in [2.24, 2.45) is 0 Å². The van der Waals surface area contributed by atoms with Gasteiger partial charge in [-0.1, -0.05) is 30.7 Å². The van der Waals surface area contributed by atoms with E-state index in [1.165, 1.54) is 0 Å². The van der Waals surface area contributed by atoms with E-state index in [0.717, 1.165) is 24.1 Å². The zero-order valence-corrected chi connectivity index (χ0v) is 16.1. The fourth-order valence-corrected chi connectivity index (χ4v) is 4.44. The number of carbonyl (C=O) groups is 1. The predicted molar refractivity (Wildman–Crippen MR) is 105 cm³/mol. The first-order chi connectivity index (χ1) is 12.4. The van der Waals surface area contributed by atoms with Crippen LogP contribution in [-0.2, 0) is 27.0 Å². The summed E-state index contributed by atoms with van der Waals surface area (Å²) in [6, 6.07) is 12.1. The van der Waals surface area contributed by atoms with Gasteiger partial charge in [0.1, 0.15) is 0 Å². The molecule has 2 aromatic carbocycles. The Morgan fingerprint density at radius 2 is 1.92 bits per heavy atom. The molecule has 0 unspecified atom stereocenters. The number of hydrogen-bond donors (Lipinski definition) is 1. The van der Waals surface area contributed by atoms with Gasteiger partial charge in [0.15, 0.2) is 0 Å². The molecule has 0 radical (unpaired) electrons. The molecule has 1 amide bonds. The number of benzene rings is 2. The van der Waals surface area contributed by atoms with Crippen molar-refractivity contribution in [1.82, 2.24) is 0 Å². The number of anilines is 2. The third-order valence-electron chi connectivity index (χ3n) is 4.34. The standard InChI is InChI=1S/C19H21ClN2O3S/c1-2-19(23)22-11-3-4-15-12-17(9-10-18(15)22)21-26(24,25)13-14-5-7-16(20)8-6-14/h5-10,12,21H,2-4,11,13H2,1H3. The van der Waals surface area contributed by atoms with Crippen LogP contribution in [0.4, 0.5) is 11.4 Å². The van der Waals surface area contributed by atoms with Crippen LogP contribution < -0.4 is 9.62 Å². The third-order valence-corrected chi connectivity index (χ3v) is 5.86. The topological polar surface area (TPSA) is 66.5 Å². The van der Waals surface area contributed by atoms with E-state index in [0.29, 0.717) is 29.2 Å². The quantitative estimate of drug-likeness (QED) is 0.837. The number of amides is 1. The van der Waals surface area contributed by atoms with Crippen LogP contribution in [-0.4, -0.2) is 20.9 Å². The molecule has 0 saturated carbocycles. The van der Waals surface area contributed by atoms with Crippen LogP contribution in [0.15, 0.2) is 42.5 Å². The fraction of sp³-hybridized carbons (Fsp3) is 0.316. The number of fused-ring (bicyclic) bond motifs is 1. The largest absolute Gasteiger partial charge is 0.312 e. The number of rotatable bonds is 5. The zero-order valence-electron chi connectivity index (χ0n) is 14.5. The summed E-state index contributed by atoms with van der Waals surface area (Å²) in [5.41, 5.74) is 3.05. The van der Waals surface area contributed by atoms with Gasteiger partial charge in [-0.05, 0) is 54.3 Å². The van der Waals surface area contributed by atoms with Crippen molar-refractivity contribution in [1.29, 1.82) is 0 Å². The van der Waals surface area contributed by atoms with E-state index >= 15 is 0 Å². The minimum absolute atomic E-state index is 0.0852. The van der Waals surface area contributed by atoms with Gasteiger partial charge in [0.05, 0.1) is 5.75 Å². The highest BCUT2D eigenvalue weighted by atomic mass is 35.5. The highest BCUT2D eigenvalue weighted by Gasteiger charge is 2.22. The SMILES string of the molecule is CCC(=O)N1CCCc2cc(NS(=O)(=O)Cc3ccc(Cl)cc3)ccc21. The Kier molecular flexibility index (Phi) is 5.53. The Labute approximate surface area is 159 Å². The molecule has 0 atom stereocenters. The van der Waals surface area contributed by atoms with Gasteiger partial charge < -0.3 is 4.90 Å². The van der Waals surface area contributed by atoms with Crippen molar-refractivity contribution < 1.29 is 13.2 Å². The summed E-state index contributed by atoms with van der Waals surface area (Å²) in [6.45, 7) is 2.55. The molecule has 0 aliphatic carbocycles. The number of aryl methyl sites for hydroxylation is 1. The van der Waals surface area contributed by atoms with E-state index in [1.807, 2.05) is 19.1 Å². The fourth-order valence-electron chi connectivity index (χ4n) is 3.13. The maximum absolute atomic E-state index is 12.4. The first-order valence-electron chi connectivity index (χ1n) is 8.56. The minimum Gasteiger partial charge on any atom is -0.312 e. The molecule has 1 aliphatic rings. The van der Waals surface area contributed by atoms with Crippen LogP contribution >= 0.6 is 11.6 Å². The summed E-state index contributed by atoms with van der Waals surface area (Å²) in [4.78, 5) is 13.9. The van der Waals surface area contributed by atoms with Crippen LogP contribution in [0.2, 0.25) is 5.02 Å². The highest BCUT2D eigenvalue weighted by Crippen LogP contribution is 2.30. The highest BCUT2D eigenvalue weighted by molar-refractivity contribution is 7.91. The molecule has 26 heavy (non-hydrogen) atoms. The molecule has 2 aromatic rings. The minimum atomic E-state index is -3.54. The molecule has 1 N–H and O–H groups in total. The molecule has 1 aliphatic heterocycles. The molecule has 5 nitrogen and oxygen atoms in total. The van der Waals surface area contributed by atoms with E-state index in [1.54, 1.807) is 35.2 Å². The lowest BCUT2D eigenvalue weighted by atomic mass is 10.0. The molecular formula is C19H21ClN2O3S. The van der Waals surface area contributed by atoms with Crippen LogP contribution in [0.5, 0.6) is 0 Å². The van der Waals surface area contributed by atoms with Crippen molar-refractivity contribution in [3.63, 3.8) is 0 Å². The van der Waals surface area contributed by atoms with E-state index in [2.05, 4.69) is 4.72 Å². The van der Waals surface area contributed by atoms with Crippen molar-refractivity contribution in [2.75, 3.05) is 16.2 Å².